The van der Waals surface area contributed by atoms with Crippen molar-refractivity contribution >= 4 is 40.4 Å². The van der Waals surface area contributed by atoms with E-state index in [1.807, 2.05) is 18.2 Å². The lowest BCUT2D eigenvalue weighted by Gasteiger charge is -2.25. The Labute approximate surface area is 130 Å². The molecule has 0 aliphatic rings. The van der Waals surface area contributed by atoms with E-state index in [0.717, 1.165) is 12.1 Å². The summed E-state index contributed by atoms with van der Waals surface area (Å²) >= 11 is 17.0. The van der Waals surface area contributed by atoms with Crippen LogP contribution in [0.25, 0.3) is 0 Å². The molecule has 3 N–H and O–H groups in total. The van der Waals surface area contributed by atoms with Crippen LogP contribution in [0.5, 0.6) is 0 Å². The zero-order valence-corrected chi connectivity index (χ0v) is 13.8. The van der Waals surface area contributed by atoms with E-state index < -0.39 is 0 Å². The molecule has 0 radical (unpaired) electrons. The lowest BCUT2D eigenvalue weighted by Crippen LogP contribution is -2.39. The van der Waals surface area contributed by atoms with Crippen LogP contribution in [-0.2, 0) is 0 Å². The van der Waals surface area contributed by atoms with Gasteiger partial charge in [0, 0.05) is 24.4 Å². The summed E-state index contributed by atoms with van der Waals surface area (Å²) in [5, 5.41) is 4.59. The Bertz CT molecular complexity index is 455. The Morgan fingerprint density at radius 1 is 1.32 bits per heavy atom. The van der Waals surface area contributed by atoms with Crippen LogP contribution >= 0.6 is 35.4 Å². The van der Waals surface area contributed by atoms with Gasteiger partial charge in [0.25, 0.3) is 0 Å². The largest absolute Gasteiger partial charge is 0.393 e. The van der Waals surface area contributed by atoms with Gasteiger partial charge >= 0.3 is 0 Å². The Balaban J connectivity index is 2.89. The van der Waals surface area contributed by atoms with E-state index in [1.54, 1.807) is 0 Å². The molecule has 1 aromatic rings. The second-order valence-corrected chi connectivity index (χ2v) is 7.01. The Hall–Kier alpha value is -0.350. The molecule has 1 atom stereocenters. The molecule has 106 valence electrons. The maximum absolute atomic E-state index is 6.07. The summed E-state index contributed by atoms with van der Waals surface area (Å²) in [5.41, 5.74) is 6.83. The Morgan fingerprint density at radius 2 is 1.95 bits per heavy atom. The average Bonchev–Trinajstić information content (AvgIpc) is 2.26. The summed E-state index contributed by atoms with van der Waals surface area (Å²) in [6.07, 6.45) is 0.649. The molecule has 0 spiro atoms. The molecular weight excluding hydrogens is 299 g/mol. The molecule has 0 fully saturated rings. The monoisotopic (exact) mass is 318 g/mol. The minimum atomic E-state index is 0.0463. The van der Waals surface area contributed by atoms with Gasteiger partial charge in [-0.25, -0.2) is 0 Å². The van der Waals surface area contributed by atoms with Gasteiger partial charge < -0.3 is 11.1 Å². The van der Waals surface area contributed by atoms with E-state index in [0.29, 0.717) is 21.5 Å². The first-order chi connectivity index (χ1) is 8.69. The van der Waals surface area contributed by atoms with Crippen LogP contribution in [0.4, 0.5) is 0 Å². The molecule has 0 aliphatic carbocycles. The highest BCUT2D eigenvalue weighted by molar-refractivity contribution is 7.80. The third-order valence-corrected chi connectivity index (χ3v) is 3.65. The van der Waals surface area contributed by atoms with Gasteiger partial charge in [-0.1, -0.05) is 41.5 Å². The molecule has 0 saturated carbocycles. The Kier molecular flexibility index (Phi) is 6.06. The van der Waals surface area contributed by atoms with Gasteiger partial charge in [-0.15, -0.1) is 0 Å². The second-order valence-electron chi connectivity index (χ2n) is 5.67. The number of benzene rings is 1. The number of hydrogen-bond acceptors (Lipinski definition) is 2. The van der Waals surface area contributed by atoms with Crippen LogP contribution in [0, 0.1) is 0 Å². The molecule has 0 bridgehead atoms. The summed E-state index contributed by atoms with van der Waals surface area (Å²) in [5.74, 6) is 0.200. The normalized spacial score (nSPS) is 13.3. The van der Waals surface area contributed by atoms with E-state index in [2.05, 4.69) is 26.1 Å². The van der Waals surface area contributed by atoms with Crippen molar-refractivity contribution in [3.63, 3.8) is 0 Å². The summed E-state index contributed by atoms with van der Waals surface area (Å²) < 4.78 is 0. The van der Waals surface area contributed by atoms with Gasteiger partial charge in [-0.05, 0) is 38.5 Å². The molecule has 1 rings (SSSR count). The maximum atomic E-state index is 6.07. The van der Waals surface area contributed by atoms with Crippen LogP contribution in [0.3, 0.4) is 0 Å². The number of rotatable bonds is 5. The second kappa shape index (κ2) is 6.89. The topological polar surface area (TPSA) is 38.0 Å². The molecule has 19 heavy (non-hydrogen) atoms. The van der Waals surface area contributed by atoms with Crippen LogP contribution in [0.1, 0.15) is 38.7 Å². The summed E-state index contributed by atoms with van der Waals surface area (Å²) in [4.78, 5) is 0.506. The molecule has 0 aliphatic heterocycles. The first-order valence-electron chi connectivity index (χ1n) is 6.17. The van der Waals surface area contributed by atoms with Crippen LogP contribution < -0.4 is 11.1 Å². The molecule has 0 aromatic heterocycles. The van der Waals surface area contributed by atoms with Crippen molar-refractivity contribution in [2.45, 2.75) is 38.6 Å². The SMILES string of the molecule is CC(C)(C)NCC(CC(N)=S)c1ccc(Cl)c(Cl)c1. The smallest absolute Gasteiger partial charge is 0.0733 e. The number of halogens is 2. The molecule has 0 amide bonds. The van der Waals surface area contributed by atoms with Crippen molar-refractivity contribution in [3.05, 3.63) is 33.8 Å². The van der Waals surface area contributed by atoms with Gasteiger partial charge in [0.15, 0.2) is 0 Å². The van der Waals surface area contributed by atoms with Gasteiger partial charge in [0.2, 0.25) is 0 Å². The third-order valence-electron chi connectivity index (χ3n) is 2.74. The zero-order chi connectivity index (χ0) is 14.6. The summed E-state index contributed by atoms with van der Waals surface area (Å²) in [6.45, 7) is 7.16. The molecule has 1 aromatic carbocycles. The van der Waals surface area contributed by atoms with Crippen LogP contribution in [-0.4, -0.2) is 17.1 Å². The van der Waals surface area contributed by atoms with Crippen molar-refractivity contribution in [3.8, 4) is 0 Å². The fraction of sp³-hybridized carbons (Fsp3) is 0.500. The van der Waals surface area contributed by atoms with Crippen molar-refractivity contribution in [2.24, 2.45) is 5.73 Å². The van der Waals surface area contributed by atoms with E-state index in [-0.39, 0.29) is 11.5 Å². The van der Waals surface area contributed by atoms with Gasteiger partial charge in [0.05, 0.1) is 15.0 Å². The fourth-order valence-corrected chi connectivity index (χ4v) is 2.25. The van der Waals surface area contributed by atoms with Crippen LogP contribution in [0.2, 0.25) is 10.0 Å². The van der Waals surface area contributed by atoms with Crippen molar-refractivity contribution in [2.75, 3.05) is 6.54 Å². The first-order valence-corrected chi connectivity index (χ1v) is 7.34. The minimum Gasteiger partial charge on any atom is -0.393 e. The maximum Gasteiger partial charge on any atom is 0.0733 e. The van der Waals surface area contributed by atoms with Crippen LogP contribution in [0.15, 0.2) is 18.2 Å². The summed E-state index contributed by atoms with van der Waals surface area (Å²) in [7, 11) is 0. The number of nitrogens with one attached hydrogen (secondary N) is 1. The minimum absolute atomic E-state index is 0.0463. The van der Waals surface area contributed by atoms with E-state index in [9.17, 15) is 0 Å². The van der Waals surface area contributed by atoms with E-state index >= 15 is 0 Å². The van der Waals surface area contributed by atoms with Crippen molar-refractivity contribution in [1.29, 1.82) is 0 Å². The zero-order valence-electron chi connectivity index (χ0n) is 11.5. The molecule has 5 heteroatoms. The lowest BCUT2D eigenvalue weighted by molar-refractivity contribution is 0.408. The van der Waals surface area contributed by atoms with E-state index in [1.165, 1.54) is 0 Å². The predicted molar refractivity (Wildman–Crippen MR) is 88.4 cm³/mol. The van der Waals surface area contributed by atoms with Gasteiger partial charge in [-0.2, -0.15) is 0 Å². The number of nitrogens with two attached hydrogens (primary N) is 1. The highest BCUT2D eigenvalue weighted by Crippen LogP contribution is 2.28. The molecule has 0 heterocycles. The number of thiocarbonyl (C=S) groups is 1. The van der Waals surface area contributed by atoms with Gasteiger partial charge in [-0.3, -0.25) is 0 Å². The first kappa shape index (κ1) is 16.7. The third kappa shape index (κ3) is 6.09. The van der Waals surface area contributed by atoms with E-state index in [4.69, 9.17) is 41.2 Å². The molecule has 1 unspecified atom stereocenters. The highest BCUT2D eigenvalue weighted by Gasteiger charge is 2.17. The quantitative estimate of drug-likeness (QED) is 0.801. The predicted octanol–water partition coefficient (Wildman–Crippen LogP) is 4.14. The average molecular weight is 319 g/mol. The van der Waals surface area contributed by atoms with Crippen molar-refractivity contribution < 1.29 is 0 Å². The molecule has 2 nitrogen and oxygen atoms in total. The fourth-order valence-electron chi connectivity index (χ4n) is 1.75. The number of hydrogen-bond donors (Lipinski definition) is 2. The molecular formula is C14H20Cl2N2S. The van der Waals surface area contributed by atoms with Gasteiger partial charge in [0.1, 0.15) is 0 Å². The molecule has 0 saturated heterocycles. The Morgan fingerprint density at radius 3 is 2.42 bits per heavy atom. The lowest BCUT2D eigenvalue weighted by atomic mass is 9.94. The summed E-state index contributed by atoms with van der Waals surface area (Å²) in [6, 6.07) is 5.67. The standard InChI is InChI=1S/C14H20Cl2N2S/c1-14(2,3)18-8-10(7-13(17)19)9-4-5-11(15)12(16)6-9/h4-6,10,18H,7-8H2,1-3H3,(H2,17,19). The highest BCUT2D eigenvalue weighted by atomic mass is 35.5. The van der Waals surface area contributed by atoms with Crippen molar-refractivity contribution in [1.82, 2.24) is 5.32 Å².